The first-order valence-corrected chi connectivity index (χ1v) is 9.46. The van der Waals surface area contributed by atoms with Gasteiger partial charge >= 0.3 is 0 Å². The lowest BCUT2D eigenvalue weighted by Crippen LogP contribution is -2.54. The fourth-order valence-corrected chi connectivity index (χ4v) is 3.59. The van der Waals surface area contributed by atoms with Crippen LogP contribution in [0.5, 0.6) is 0 Å². The molecule has 1 saturated heterocycles. The molecule has 0 radical (unpaired) electrons. The minimum atomic E-state index is -0.457. The van der Waals surface area contributed by atoms with Gasteiger partial charge < -0.3 is 10.0 Å². The first kappa shape index (κ1) is 18.4. The summed E-state index contributed by atoms with van der Waals surface area (Å²) in [4.78, 5) is 18.8. The van der Waals surface area contributed by atoms with Crippen LogP contribution in [0.15, 0.2) is 30.3 Å². The summed E-state index contributed by atoms with van der Waals surface area (Å²) in [6, 6.07) is 10.2. The van der Waals surface area contributed by atoms with Crippen LogP contribution < -0.4 is 0 Å². The number of amides is 1. The number of benzene rings is 1. The molecule has 2 unspecified atom stereocenters. The number of likely N-dealkylation sites (N-methyl/N-ethyl adjacent to an activating group) is 1. The zero-order valence-corrected chi connectivity index (χ0v) is 15.5. The van der Waals surface area contributed by atoms with Gasteiger partial charge in [0.1, 0.15) is 0 Å². The monoisotopic (exact) mass is 345 g/mol. The summed E-state index contributed by atoms with van der Waals surface area (Å²) >= 11 is 0. The van der Waals surface area contributed by atoms with Crippen LogP contribution >= 0.6 is 0 Å². The second-order valence-corrected chi connectivity index (χ2v) is 7.72. The van der Waals surface area contributed by atoms with Crippen molar-refractivity contribution in [2.75, 3.05) is 46.3 Å². The van der Waals surface area contributed by atoms with E-state index in [9.17, 15) is 9.90 Å². The number of nitrogens with zero attached hydrogens (tertiary/aromatic N) is 3. The number of carbonyl (C=O) groups excluding carboxylic acids is 1. The lowest BCUT2D eigenvalue weighted by Gasteiger charge is -2.40. The van der Waals surface area contributed by atoms with Gasteiger partial charge in [0.25, 0.3) is 0 Å². The highest BCUT2D eigenvalue weighted by Crippen LogP contribution is 2.29. The van der Waals surface area contributed by atoms with Gasteiger partial charge in [-0.1, -0.05) is 30.3 Å². The molecule has 3 rings (SSSR count). The predicted molar refractivity (Wildman–Crippen MR) is 99.2 cm³/mol. The highest BCUT2D eigenvalue weighted by atomic mass is 16.3. The van der Waals surface area contributed by atoms with E-state index in [1.807, 2.05) is 42.3 Å². The maximum Gasteiger partial charge on any atom is 0.236 e. The molecule has 0 aromatic heterocycles. The highest BCUT2D eigenvalue weighted by molar-refractivity contribution is 5.78. The summed E-state index contributed by atoms with van der Waals surface area (Å²) in [6.07, 6.45) is 2.09. The van der Waals surface area contributed by atoms with Crippen molar-refractivity contribution in [2.24, 2.45) is 5.92 Å². The Bertz CT molecular complexity index is 561. The summed E-state index contributed by atoms with van der Waals surface area (Å²) in [5.41, 5.74) is 0.967. The van der Waals surface area contributed by atoms with Crippen molar-refractivity contribution >= 4 is 5.91 Å². The van der Waals surface area contributed by atoms with E-state index >= 15 is 0 Å². The van der Waals surface area contributed by atoms with Gasteiger partial charge in [0.05, 0.1) is 12.6 Å². The number of rotatable bonds is 7. The molecule has 138 valence electrons. The van der Waals surface area contributed by atoms with E-state index in [2.05, 4.69) is 16.7 Å². The summed E-state index contributed by atoms with van der Waals surface area (Å²) in [7, 11) is 1.93. The van der Waals surface area contributed by atoms with E-state index < -0.39 is 6.10 Å². The maximum atomic E-state index is 12.4. The van der Waals surface area contributed by atoms with E-state index in [0.717, 1.165) is 37.7 Å². The molecular formula is C20H31N3O2. The molecule has 1 heterocycles. The Morgan fingerprint density at radius 2 is 2.00 bits per heavy atom. The number of hydrogen-bond donors (Lipinski definition) is 1. The van der Waals surface area contributed by atoms with Crippen molar-refractivity contribution in [2.45, 2.75) is 31.9 Å². The molecule has 0 spiro atoms. The molecule has 1 aromatic carbocycles. The van der Waals surface area contributed by atoms with Crippen LogP contribution in [-0.4, -0.2) is 78.1 Å². The average molecular weight is 345 g/mol. The third-order valence-corrected chi connectivity index (χ3v) is 5.45. The third-order valence-electron chi connectivity index (χ3n) is 5.45. The minimum Gasteiger partial charge on any atom is -0.387 e. The topological polar surface area (TPSA) is 47.0 Å². The lowest BCUT2D eigenvalue weighted by molar-refractivity contribution is -0.132. The first-order valence-electron chi connectivity index (χ1n) is 9.46. The fourth-order valence-electron chi connectivity index (χ4n) is 3.59. The van der Waals surface area contributed by atoms with Gasteiger partial charge in [-0.05, 0) is 31.2 Å². The van der Waals surface area contributed by atoms with Gasteiger partial charge in [-0.25, -0.2) is 0 Å². The summed E-state index contributed by atoms with van der Waals surface area (Å²) in [5.74, 6) is 0.973. The van der Waals surface area contributed by atoms with E-state index in [4.69, 9.17) is 0 Å². The first-order chi connectivity index (χ1) is 12.0. The van der Waals surface area contributed by atoms with Crippen molar-refractivity contribution in [1.82, 2.24) is 14.7 Å². The summed E-state index contributed by atoms with van der Waals surface area (Å²) < 4.78 is 0. The van der Waals surface area contributed by atoms with Gasteiger partial charge in [-0.15, -0.1) is 0 Å². The summed E-state index contributed by atoms with van der Waals surface area (Å²) in [6.45, 7) is 6.92. The van der Waals surface area contributed by atoms with Gasteiger partial charge in [-0.2, -0.15) is 0 Å². The van der Waals surface area contributed by atoms with Crippen molar-refractivity contribution in [3.05, 3.63) is 35.9 Å². The molecule has 1 saturated carbocycles. The number of β-amino-alcohol motifs (C(OH)–C–C–N with tert-alkyl or cyclic N) is 1. The van der Waals surface area contributed by atoms with Gasteiger partial charge in [-0.3, -0.25) is 14.6 Å². The Morgan fingerprint density at radius 1 is 1.28 bits per heavy atom. The highest BCUT2D eigenvalue weighted by Gasteiger charge is 2.29. The van der Waals surface area contributed by atoms with Crippen LogP contribution in [0.3, 0.4) is 0 Å². The molecule has 5 heteroatoms. The molecule has 1 amide bonds. The Morgan fingerprint density at radius 3 is 2.64 bits per heavy atom. The van der Waals surface area contributed by atoms with Crippen LogP contribution in [-0.2, 0) is 4.79 Å². The van der Waals surface area contributed by atoms with E-state index in [1.54, 1.807) is 0 Å². The van der Waals surface area contributed by atoms with Crippen LogP contribution in [0.2, 0.25) is 0 Å². The van der Waals surface area contributed by atoms with Crippen LogP contribution in [0.1, 0.15) is 31.4 Å². The SMILES string of the molecule is CC1CN(CC(=O)N(C)CC2CC2)CCN1CC(O)c1ccccc1. The Labute approximate surface area is 151 Å². The molecule has 5 nitrogen and oxygen atoms in total. The van der Waals surface area contributed by atoms with Gasteiger partial charge in [0.2, 0.25) is 5.91 Å². The van der Waals surface area contributed by atoms with E-state index in [1.165, 1.54) is 12.8 Å². The van der Waals surface area contributed by atoms with Crippen molar-refractivity contribution in [3.63, 3.8) is 0 Å². The Balaban J connectivity index is 1.44. The fraction of sp³-hybridized carbons (Fsp3) is 0.650. The summed E-state index contributed by atoms with van der Waals surface area (Å²) in [5, 5.41) is 10.4. The zero-order chi connectivity index (χ0) is 17.8. The zero-order valence-electron chi connectivity index (χ0n) is 15.5. The molecule has 25 heavy (non-hydrogen) atoms. The molecule has 1 N–H and O–H groups in total. The molecule has 2 atom stereocenters. The van der Waals surface area contributed by atoms with Crippen molar-refractivity contribution < 1.29 is 9.90 Å². The molecule has 1 aliphatic carbocycles. The lowest BCUT2D eigenvalue weighted by atomic mass is 10.1. The number of hydrogen-bond acceptors (Lipinski definition) is 4. The average Bonchev–Trinajstić information content (AvgIpc) is 3.42. The van der Waals surface area contributed by atoms with Crippen molar-refractivity contribution in [1.29, 1.82) is 0 Å². The van der Waals surface area contributed by atoms with Gasteiger partial charge in [0, 0.05) is 45.8 Å². The van der Waals surface area contributed by atoms with E-state index in [-0.39, 0.29) is 5.91 Å². The standard InChI is InChI=1S/C20H31N3O2/c1-16-12-22(15-20(25)21(2)13-17-8-9-17)10-11-23(16)14-19(24)18-6-4-3-5-7-18/h3-7,16-17,19,24H,8-15H2,1-2H3. The smallest absolute Gasteiger partial charge is 0.236 e. The molecule has 0 bridgehead atoms. The molecule has 2 fully saturated rings. The van der Waals surface area contributed by atoms with Crippen LogP contribution in [0.25, 0.3) is 0 Å². The van der Waals surface area contributed by atoms with Gasteiger partial charge in [0.15, 0.2) is 0 Å². The second-order valence-electron chi connectivity index (χ2n) is 7.72. The molecular weight excluding hydrogens is 314 g/mol. The van der Waals surface area contributed by atoms with E-state index in [0.29, 0.717) is 19.1 Å². The molecule has 2 aliphatic rings. The quantitative estimate of drug-likeness (QED) is 0.815. The number of carbonyl (C=O) groups is 1. The normalized spacial score (nSPS) is 23.4. The second kappa shape index (κ2) is 8.30. The van der Waals surface area contributed by atoms with Crippen molar-refractivity contribution in [3.8, 4) is 0 Å². The maximum absolute atomic E-state index is 12.4. The number of piperazine rings is 1. The number of aliphatic hydroxyl groups excluding tert-OH is 1. The Hall–Kier alpha value is -1.43. The minimum absolute atomic E-state index is 0.233. The molecule has 1 aromatic rings. The largest absolute Gasteiger partial charge is 0.387 e. The molecule has 1 aliphatic heterocycles. The van der Waals surface area contributed by atoms with Crippen LogP contribution in [0, 0.1) is 5.92 Å². The predicted octanol–water partition coefficient (Wildman–Crippen LogP) is 1.59. The Kier molecular flexibility index (Phi) is 6.10. The number of aliphatic hydroxyl groups is 1. The van der Waals surface area contributed by atoms with Crippen LogP contribution in [0.4, 0.5) is 0 Å². The third kappa shape index (κ3) is 5.27.